The van der Waals surface area contributed by atoms with Gasteiger partial charge < -0.3 is 38.2 Å². The molecule has 1 aliphatic rings. The predicted molar refractivity (Wildman–Crippen MR) is 168 cm³/mol. The fourth-order valence-electron chi connectivity index (χ4n) is 5.36. The summed E-state index contributed by atoms with van der Waals surface area (Å²) in [6.07, 6.45) is 4.77. The molecule has 0 unspecified atom stereocenters. The first-order chi connectivity index (χ1) is 21.0. The average Bonchev–Trinajstić information content (AvgIpc) is 3.33. The zero-order chi connectivity index (χ0) is 30.3. The van der Waals surface area contributed by atoms with Crippen molar-refractivity contribution in [2.45, 2.75) is 6.42 Å². The summed E-state index contributed by atoms with van der Waals surface area (Å²) in [5, 5.41) is 0. The first-order valence-corrected chi connectivity index (χ1v) is 14.1. The number of hydrogen-bond acceptors (Lipinski definition) is 10. The molecule has 1 saturated heterocycles. The molecule has 0 aliphatic carbocycles. The maximum Gasteiger partial charge on any atom is 0.203 e. The van der Waals surface area contributed by atoms with Crippen LogP contribution in [0.3, 0.4) is 0 Å². The molecule has 10 nitrogen and oxygen atoms in total. The molecule has 0 atom stereocenters. The van der Waals surface area contributed by atoms with E-state index in [1.165, 1.54) is 0 Å². The molecular weight excluding hydrogens is 548 g/mol. The number of rotatable bonds is 10. The molecule has 0 saturated carbocycles. The number of benzene rings is 2. The van der Waals surface area contributed by atoms with Crippen molar-refractivity contribution in [2.24, 2.45) is 0 Å². The van der Waals surface area contributed by atoms with Gasteiger partial charge in [-0.05, 0) is 66.1 Å². The minimum atomic E-state index is 0.567. The Kier molecular flexibility index (Phi) is 9.24. The van der Waals surface area contributed by atoms with E-state index >= 15 is 0 Å². The lowest BCUT2D eigenvalue weighted by Crippen LogP contribution is -2.31. The van der Waals surface area contributed by atoms with Crippen molar-refractivity contribution in [3.63, 3.8) is 0 Å². The SMILES string of the molecule is COc1cc(-c2ccc(N3CCCN(c4ccc(-c5cc(OC)c(OC)c(OC)c5)cn4)CC3)nc2)cc(OC)c1OC. The minimum absolute atomic E-state index is 0.567. The lowest BCUT2D eigenvalue weighted by atomic mass is 10.1. The van der Waals surface area contributed by atoms with Gasteiger partial charge in [-0.15, -0.1) is 0 Å². The highest BCUT2D eigenvalue weighted by Crippen LogP contribution is 2.42. The maximum absolute atomic E-state index is 5.52. The standard InChI is InChI=1S/C33H38N4O6/c1-38-26-16-24(17-27(39-2)32(26)42-5)22-8-10-30(34-20-22)36-12-7-13-37(15-14-36)31-11-9-23(21-35-31)25-18-28(40-3)33(43-6)29(19-25)41-4/h8-11,16-21H,7,12-15H2,1-6H3. The van der Waals surface area contributed by atoms with Gasteiger partial charge in [-0.25, -0.2) is 9.97 Å². The number of ether oxygens (including phenoxy) is 6. The van der Waals surface area contributed by atoms with Crippen molar-refractivity contribution >= 4 is 11.6 Å². The second-order valence-electron chi connectivity index (χ2n) is 9.97. The summed E-state index contributed by atoms with van der Waals surface area (Å²) in [6.45, 7) is 3.51. The Hall–Kier alpha value is -4.86. The van der Waals surface area contributed by atoms with Crippen LogP contribution in [0.1, 0.15) is 6.42 Å². The summed E-state index contributed by atoms with van der Waals surface area (Å²) in [5.74, 6) is 5.47. The lowest BCUT2D eigenvalue weighted by Gasteiger charge is -2.24. The Bertz CT molecular complexity index is 1360. The van der Waals surface area contributed by atoms with Gasteiger partial charge in [0.05, 0.1) is 42.7 Å². The number of nitrogens with zero attached hydrogens (tertiary/aromatic N) is 4. The molecule has 43 heavy (non-hydrogen) atoms. The van der Waals surface area contributed by atoms with Crippen molar-refractivity contribution < 1.29 is 28.4 Å². The van der Waals surface area contributed by atoms with Crippen LogP contribution in [-0.4, -0.2) is 78.8 Å². The third-order valence-corrected chi connectivity index (χ3v) is 7.64. The zero-order valence-electron chi connectivity index (χ0n) is 25.5. The Morgan fingerprint density at radius 1 is 0.465 bits per heavy atom. The molecule has 1 aliphatic heterocycles. The van der Waals surface area contributed by atoms with Crippen LogP contribution >= 0.6 is 0 Å². The number of methoxy groups -OCH3 is 6. The van der Waals surface area contributed by atoms with Crippen LogP contribution in [0.2, 0.25) is 0 Å². The quantitative estimate of drug-likeness (QED) is 0.235. The van der Waals surface area contributed by atoms with Gasteiger partial charge in [-0.1, -0.05) is 0 Å². The monoisotopic (exact) mass is 586 g/mol. The van der Waals surface area contributed by atoms with Crippen LogP contribution < -0.4 is 38.2 Å². The summed E-state index contributed by atoms with van der Waals surface area (Å²) in [7, 11) is 9.66. The van der Waals surface area contributed by atoms with Gasteiger partial charge in [0, 0.05) is 49.7 Å². The topological polar surface area (TPSA) is 87.6 Å². The molecule has 0 spiro atoms. The Morgan fingerprint density at radius 3 is 1.12 bits per heavy atom. The van der Waals surface area contributed by atoms with Crippen LogP contribution in [-0.2, 0) is 0 Å². The highest BCUT2D eigenvalue weighted by atomic mass is 16.5. The smallest absolute Gasteiger partial charge is 0.203 e. The Balaban J connectivity index is 1.27. The first-order valence-electron chi connectivity index (χ1n) is 14.1. The second kappa shape index (κ2) is 13.4. The molecular formula is C33H38N4O6. The third kappa shape index (κ3) is 6.18. The van der Waals surface area contributed by atoms with Crippen molar-refractivity contribution in [1.82, 2.24) is 9.97 Å². The summed E-state index contributed by atoms with van der Waals surface area (Å²) in [6, 6.07) is 16.0. The first kappa shape index (κ1) is 29.6. The molecule has 4 aromatic rings. The minimum Gasteiger partial charge on any atom is -0.493 e. The molecule has 0 bridgehead atoms. The number of hydrogen-bond donors (Lipinski definition) is 0. The van der Waals surface area contributed by atoms with Crippen LogP contribution in [0.15, 0.2) is 60.9 Å². The van der Waals surface area contributed by atoms with Gasteiger partial charge in [0.15, 0.2) is 23.0 Å². The number of aromatic nitrogens is 2. The van der Waals surface area contributed by atoms with Gasteiger partial charge in [0.2, 0.25) is 11.5 Å². The Morgan fingerprint density at radius 2 is 0.837 bits per heavy atom. The van der Waals surface area contributed by atoms with Crippen molar-refractivity contribution in [3.8, 4) is 56.8 Å². The van der Waals surface area contributed by atoms with Crippen molar-refractivity contribution in [2.75, 3.05) is 78.6 Å². The molecule has 5 rings (SSSR count). The largest absolute Gasteiger partial charge is 0.493 e. The third-order valence-electron chi connectivity index (χ3n) is 7.64. The van der Waals surface area contributed by atoms with E-state index in [-0.39, 0.29) is 0 Å². The van der Waals surface area contributed by atoms with E-state index in [1.54, 1.807) is 42.7 Å². The van der Waals surface area contributed by atoms with E-state index in [2.05, 4.69) is 34.1 Å². The van der Waals surface area contributed by atoms with Gasteiger partial charge in [-0.3, -0.25) is 0 Å². The van der Waals surface area contributed by atoms with Gasteiger partial charge >= 0.3 is 0 Å². The normalized spacial score (nSPS) is 13.3. The van der Waals surface area contributed by atoms with Gasteiger partial charge in [0.1, 0.15) is 11.6 Å². The summed E-state index contributed by atoms with van der Waals surface area (Å²) in [5.41, 5.74) is 3.82. The predicted octanol–water partition coefficient (Wildman–Crippen LogP) is 5.58. The summed E-state index contributed by atoms with van der Waals surface area (Å²) in [4.78, 5) is 14.3. The molecule has 0 radical (unpaired) electrons. The fourth-order valence-corrected chi connectivity index (χ4v) is 5.36. The maximum atomic E-state index is 5.52. The van der Waals surface area contributed by atoms with Crippen LogP contribution in [0.25, 0.3) is 22.3 Å². The van der Waals surface area contributed by atoms with E-state index in [0.29, 0.717) is 34.5 Å². The van der Waals surface area contributed by atoms with Crippen molar-refractivity contribution in [1.29, 1.82) is 0 Å². The molecule has 2 aromatic heterocycles. The van der Waals surface area contributed by atoms with E-state index in [9.17, 15) is 0 Å². The summed E-state index contributed by atoms with van der Waals surface area (Å²) >= 11 is 0. The van der Waals surface area contributed by atoms with E-state index in [4.69, 9.17) is 38.4 Å². The molecule has 10 heteroatoms. The molecule has 0 amide bonds. The molecule has 2 aromatic carbocycles. The van der Waals surface area contributed by atoms with Gasteiger partial charge in [-0.2, -0.15) is 0 Å². The molecule has 226 valence electrons. The summed E-state index contributed by atoms with van der Waals surface area (Å²) < 4.78 is 33.0. The fraction of sp³-hybridized carbons (Fsp3) is 0.333. The molecule has 3 heterocycles. The van der Waals surface area contributed by atoms with Crippen LogP contribution in [0.4, 0.5) is 11.6 Å². The highest BCUT2D eigenvalue weighted by Gasteiger charge is 2.19. The number of pyridine rings is 2. The molecule has 0 N–H and O–H groups in total. The van der Waals surface area contributed by atoms with Gasteiger partial charge in [0.25, 0.3) is 0 Å². The zero-order valence-corrected chi connectivity index (χ0v) is 25.5. The van der Waals surface area contributed by atoms with Crippen LogP contribution in [0.5, 0.6) is 34.5 Å². The van der Waals surface area contributed by atoms with E-state index < -0.39 is 0 Å². The lowest BCUT2D eigenvalue weighted by molar-refractivity contribution is 0.324. The van der Waals surface area contributed by atoms with Crippen LogP contribution in [0, 0.1) is 0 Å². The Labute approximate surface area is 252 Å². The second-order valence-corrected chi connectivity index (χ2v) is 9.97. The number of anilines is 2. The van der Waals surface area contributed by atoms with E-state index in [0.717, 1.165) is 66.5 Å². The highest BCUT2D eigenvalue weighted by molar-refractivity contribution is 5.72. The molecule has 1 fully saturated rings. The van der Waals surface area contributed by atoms with E-state index in [1.807, 2.05) is 36.7 Å². The van der Waals surface area contributed by atoms with Crippen molar-refractivity contribution in [3.05, 3.63) is 60.9 Å². The average molecular weight is 587 g/mol.